The second kappa shape index (κ2) is 5.78. The van der Waals surface area contributed by atoms with Crippen LogP contribution < -0.4 is 4.74 Å². The Bertz CT molecular complexity index is 600. The SMILES string of the molecule is C[C@H](O)c1ccc(Oc2cccc(Cl)c2Cl)c(F)c1. The highest BCUT2D eigenvalue weighted by Gasteiger charge is 2.11. The molecule has 0 saturated heterocycles. The summed E-state index contributed by atoms with van der Waals surface area (Å²) in [5, 5.41) is 9.92. The number of benzene rings is 2. The van der Waals surface area contributed by atoms with Gasteiger partial charge in [-0.2, -0.15) is 0 Å². The number of aliphatic hydroxyl groups excluding tert-OH is 1. The van der Waals surface area contributed by atoms with Gasteiger partial charge in [0.2, 0.25) is 0 Å². The van der Waals surface area contributed by atoms with E-state index in [1.54, 1.807) is 31.2 Å². The number of halogens is 3. The third-order valence-electron chi connectivity index (χ3n) is 2.57. The second-order valence-corrected chi connectivity index (χ2v) is 4.81. The molecule has 1 atom stereocenters. The fourth-order valence-electron chi connectivity index (χ4n) is 1.54. The highest BCUT2D eigenvalue weighted by Crippen LogP contribution is 2.35. The molecule has 0 fully saturated rings. The molecule has 0 bridgehead atoms. The maximum Gasteiger partial charge on any atom is 0.166 e. The van der Waals surface area contributed by atoms with Crippen LogP contribution in [-0.2, 0) is 0 Å². The van der Waals surface area contributed by atoms with Crippen molar-refractivity contribution in [1.29, 1.82) is 0 Å². The second-order valence-electron chi connectivity index (χ2n) is 4.02. The Hall–Kier alpha value is -1.29. The standard InChI is InChI=1S/C14H11Cl2FO2/c1-8(18)9-5-6-12(11(17)7-9)19-13-4-2-3-10(15)14(13)16/h2-8,18H,1H3/t8-/m0/s1. The van der Waals surface area contributed by atoms with E-state index in [1.807, 2.05) is 0 Å². The molecule has 2 rings (SSSR count). The lowest BCUT2D eigenvalue weighted by Gasteiger charge is -2.11. The van der Waals surface area contributed by atoms with E-state index in [0.717, 1.165) is 0 Å². The van der Waals surface area contributed by atoms with Crippen molar-refractivity contribution in [2.45, 2.75) is 13.0 Å². The van der Waals surface area contributed by atoms with Crippen molar-refractivity contribution in [3.63, 3.8) is 0 Å². The van der Waals surface area contributed by atoms with E-state index in [-0.39, 0.29) is 16.5 Å². The Labute approximate surface area is 120 Å². The molecule has 0 aliphatic heterocycles. The van der Waals surface area contributed by atoms with Crippen LogP contribution in [0.5, 0.6) is 11.5 Å². The summed E-state index contributed by atoms with van der Waals surface area (Å²) in [7, 11) is 0. The first-order valence-electron chi connectivity index (χ1n) is 5.58. The summed E-state index contributed by atoms with van der Waals surface area (Å²) in [6, 6.07) is 9.11. The first-order chi connectivity index (χ1) is 8.99. The zero-order valence-corrected chi connectivity index (χ0v) is 11.5. The van der Waals surface area contributed by atoms with E-state index in [9.17, 15) is 9.50 Å². The van der Waals surface area contributed by atoms with Gasteiger partial charge in [-0.1, -0.05) is 35.3 Å². The molecule has 0 aliphatic rings. The molecule has 1 N–H and O–H groups in total. The number of rotatable bonds is 3. The topological polar surface area (TPSA) is 29.5 Å². The van der Waals surface area contributed by atoms with Crippen LogP contribution in [0.15, 0.2) is 36.4 Å². The summed E-state index contributed by atoms with van der Waals surface area (Å²) in [6.45, 7) is 1.56. The summed E-state index contributed by atoms with van der Waals surface area (Å²) < 4.78 is 19.2. The third kappa shape index (κ3) is 3.18. The largest absolute Gasteiger partial charge is 0.453 e. The molecule has 2 nitrogen and oxygen atoms in total. The van der Waals surface area contributed by atoms with Crippen LogP contribution in [0.25, 0.3) is 0 Å². The van der Waals surface area contributed by atoms with Gasteiger partial charge in [-0.05, 0) is 36.8 Å². The van der Waals surface area contributed by atoms with E-state index in [4.69, 9.17) is 27.9 Å². The Morgan fingerprint density at radius 3 is 2.53 bits per heavy atom. The molecule has 0 aromatic heterocycles. The van der Waals surface area contributed by atoms with Crippen LogP contribution >= 0.6 is 23.2 Å². The summed E-state index contributed by atoms with van der Waals surface area (Å²) >= 11 is 11.8. The predicted octanol–water partition coefficient (Wildman–Crippen LogP) is 4.98. The van der Waals surface area contributed by atoms with E-state index in [1.165, 1.54) is 12.1 Å². The van der Waals surface area contributed by atoms with Gasteiger partial charge in [-0.15, -0.1) is 0 Å². The van der Waals surface area contributed by atoms with Gasteiger partial charge in [0.25, 0.3) is 0 Å². The lowest BCUT2D eigenvalue weighted by Crippen LogP contribution is -1.95. The molecule has 2 aromatic carbocycles. The Balaban J connectivity index is 2.31. The van der Waals surface area contributed by atoms with Gasteiger partial charge in [0, 0.05) is 0 Å². The lowest BCUT2D eigenvalue weighted by atomic mass is 10.1. The van der Waals surface area contributed by atoms with Crippen molar-refractivity contribution in [2.75, 3.05) is 0 Å². The molecular formula is C14H11Cl2FO2. The van der Waals surface area contributed by atoms with Crippen LogP contribution in [0.1, 0.15) is 18.6 Å². The van der Waals surface area contributed by atoms with Crippen LogP contribution in [0.2, 0.25) is 10.0 Å². The van der Waals surface area contributed by atoms with E-state index in [2.05, 4.69) is 0 Å². The zero-order chi connectivity index (χ0) is 14.0. The molecule has 0 spiro atoms. The number of aliphatic hydroxyl groups is 1. The van der Waals surface area contributed by atoms with Crippen LogP contribution in [0.4, 0.5) is 4.39 Å². The van der Waals surface area contributed by atoms with Crippen LogP contribution in [0.3, 0.4) is 0 Å². The molecule has 5 heteroatoms. The van der Waals surface area contributed by atoms with E-state index >= 15 is 0 Å². The maximum absolute atomic E-state index is 13.8. The normalized spacial score (nSPS) is 12.3. The molecular weight excluding hydrogens is 290 g/mol. The average molecular weight is 301 g/mol. The first kappa shape index (κ1) is 14.1. The Kier molecular flexibility index (Phi) is 4.30. The zero-order valence-electron chi connectivity index (χ0n) is 10.0. The quantitative estimate of drug-likeness (QED) is 0.866. The number of ether oxygens (including phenoxy) is 1. The van der Waals surface area contributed by atoms with E-state index in [0.29, 0.717) is 10.6 Å². The summed E-state index contributed by atoms with van der Waals surface area (Å²) in [6.07, 6.45) is -0.738. The van der Waals surface area contributed by atoms with Crippen LogP contribution in [0, 0.1) is 5.82 Å². The van der Waals surface area contributed by atoms with E-state index < -0.39 is 11.9 Å². The van der Waals surface area contributed by atoms with Crippen molar-refractivity contribution in [2.24, 2.45) is 0 Å². The summed E-state index contributed by atoms with van der Waals surface area (Å²) in [5.41, 5.74) is 0.474. The monoisotopic (exact) mass is 300 g/mol. The molecule has 0 aliphatic carbocycles. The van der Waals surface area contributed by atoms with Gasteiger partial charge in [0.1, 0.15) is 10.8 Å². The van der Waals surface area contributed by atoms with Crippen molar-refractivity contribution in [3.05, 3.63) is 57.8 Å². The highest BCUT2D eigenvalue weighted by atomic mass is 35.5. The fraction of sp³-hybridized carbons (Fsp3) is 0.143. The van der Waals surface area contributed by atoms with Crippen molar-refractivity contribution in [3.8, 4) is 11.5 Å². The van der Waals surface area contributed by atoms with Gasteiger partial charge in [-0.3, -0.25) is 0 Å². The van der Waals surface area contributed by atoms with Crippen LogP contribution in [-0.4, -0.2) is 5.11 Å². The predicted molar refractivity (Wildman–Crippen MR) is 73.6 cm³/mol. The highest BCUT2D eigenvalue weighted by molar-refractivity contribution is 6.42. The molecule has 2 aromatic rings. The minimum Gasteiger partial charge on any atom is -0.453 e. The van der Waals surface area contributed by atoms with Crippen molar-refractivity contribution < 1.29 is 14.2 Å². The minimum atomic E-state index is -0.738. The molecule has 0 heterocycles. The smallest absolute Gasteiger partial charge is 0.166 e. The molecule has 0 amide bonds. The third-order valence-corrected chi connectivity index (χ3v) is 3.38. The molecule has 100 valence electrons. The van der Waals surface area contributed by atoms with Crippen molar-refractivity contribution >= 4 is 23.2 Å². The first-order valence-corrected chi connectivity index (χ1v) is 6.34. The minimum absolute atomic E-state index is 0.0218. The average Bonchev–Trinajstić information content (AvgIpc) is 2.37. The number of hydrogen-bond acceptors (Lipinski definition) is 2. The van der Waals surface area contributed by atoms with Gasteiger partial charge in [-0.25, -0.2) is 4.39 Å². The number of hydrogen-bond donors (Lipinski definition) is 1. The molecule has 19 heavy (non-hydrogen) atoms. The molecule has 0 radical (unpaired) electrons. The summed E-state index contributed by atoms with van der Waals surface area (Å²) in [4.78, 5) is 0. The van der Waals surface area contributed by atoms with Gasteiger partial charge >= 0.3 is 0 Å². The van der Waals surface area contributed by atoms with Gasteiger partial charge < -0.3 is 9.84 Å². The molecule has 0 saturated carbocycles. The van der Waals surface area contributed by atoms with Gasteiger partial charge in [0.05, 0.1) is 11.1 Å². The summed E-state index contributed by atoms with van der Waals surface area (Å²) in [5.74, 6) is -0.277. The Morgan fingerprint density at radius 2 is 1.89 bits per heavy atom. The maximum atomic E-state index is 13.8. The van der Waals surface area contributed by atoms with Gasteiger partial charge in [0.15, 0.2) is 11.6 Å². The Morgan fingerprint density at radius 1 is 1.16 bits per heavy atom. The van der Waals surface area contributed by atoms with Crippen molar-refractivity contribution in [1.82, 2.24) is 0 Å². The fourth-order valence-corrected chi connectivity index (χ4v) is 1.87. The molecule has 0 unspecified atom stereocenters. The lowest BCUT2D eigenvalue weighted by molar-refractivity contribution is 0.198.